The molecule has 2 heterocycles. The highest BCUT2D eigenvalue weighted by Gasteiger charge is 2.19. The summed E-state index contributed by atoms with van der Waals surface area (Å²) in [5.41, 5.74) is 3.69. The largest absolute Gasteiger partial charge is 0.350 e. The fourth-order valence-corrected chi connectivity index (χ4v) is 4.36. The van der Waals surface area contributed by atoms with Crippen LogP contribution in [-0.2, 0) is 24.4 Å². The lowest BCUT2D eigenvalue weighted by molar-refractivity contribution is -0.121. The molecule has 1 amide bonds. The number of nitrogens with one attached hydrogen (secondary N) is 1. The van der Waals surface area contributed by atoms with Crippen molar-refractivity contribution >= 4 is 39.4 Å². The predicted octanol–water partition coefficient (Wildman–Crippen LogP) is 4.82. The molecule has 0 saturated carbocycles. The summed E-state index contributed by atoms with van der Waals surface area (Å²) in [4.78, 5) is 30.9. The minimum atomic E-state index is -0.442. The van der Waals surface area contributed by atoms with Crippen LogP contribution in [0.15, 0.2) is 77.9 Å². The molecule has 0 aliphatic rings. The molecule has 176 valence electrons. The summed E-state index contributed by atoms with van der Waals surface area (Å²) in [7, 11) is 0. The number of halogens is 2. The van der Waals surface area contributed by atoms with E-state index in [4.69, 9.17) is 11.6 Å². The van der Waals surface area contributed by atoms with Gasteiger partial charge in [-0.2, -0.15) is 0 Å². The van der Waals surface area contributed by atoms with Gasteiger partial charge in [-0.1, -0.05) is 59.6 Å². The molecule has 2 aromatic heterocycles. The summed E-state index contributed by atoms with van der Waals surface area (Å²) in [5, 5.41) is 3.92. The number of hydrogen-bond donors (Lipinski definition) is 1. The van der Waals surface area contributed by atoms with Crippen LogP contribution in [0.4, 0.5) is 4.39 Å². The van der Waals surface area contributed by atoms with Gasteiger partial charge in [-0.3, -0.25) is 14.2 Å². The van der Waals surface area contributed by atoms with E-state index in [1.54, 1.807) is 16.7 Å². The molecule has 5 rings (SSSR count). The molecular weight excluding hydrogens is 467 g/mol. The van der Waals surface area contributed by atoms with Gasteiger partial charge in [-0.25, -0.2) is 9.37 Å². The van der Waals surface area contributed by atoms with Crippen LogP contribution in [0.25, 0.3) is 21.9 Å². The highest BCUT2D eigenvalue weighted by molar-refractivity contribution is 6.31. The molecule has 0 saturated heterocycles. The summed E-state index contributed by atoms with van der Waals surface area (Å²) >= 11 is 6.28. The smallest absolute Gasteiger partial charge is 0.278 e. The Hall–Kier alpha value is -3.97. The zero-order valence-corrected chi connectivity index (χ0v) is 19.7. The molecule has 0 unspecified atom stereocenters. The lowest BCUT2D eigenvalue weighted by Crippen LogP contribution is -2.29. The summed E-state index contributed by atoms with van der Waals surface area (Å²) < 4.78 is 17.1. The zero-order valence-electron chi connectivity index (χ0n) is 19.0. The monoisotopic (exact) mass is 488 g/mol. The number of carbonyl (C=O) groups is 1. The van der Waals surface area contributed by atoms with Crippen molar-refractivity contribution in [1.29, 1.82) is 0 Å². The van der Waals surface area contributed by atoms with Crippen LogP contribution >= 0.6 is 11.6 Å². The van der Waals surface area contributed by atoms with Crippen molar-refractivity contribution in [3.63, 3.8) is 0 Å². The minimum absolute atomic E-state index is 0.107. The summed E-state index contributed by atoms with van der Waals surface area (Å²) in [6.07, 6.45) is 1.43. The van der Waals surface area contributed by atoms with E-state index in [1.165, 1.54) is 23.0 Å². The van der Waals surface area contributed by atoms with Gasteiger partial charge >= 0.3 is 0 Å². The molecule has 8 heteroatoms. The van der Waals surface area contributed by atoms with Gasteiger partial charge in [0.1, 0.15) is 23.4 Å². The maximum absolute atomic E-state index is 14.1. The Morgan fingerprint density at radius 2 is 1.86 bits per heavy atom. The number of nitrogens with zero attached hydrogens (tertiary/aromatic N) is 3. The van der Waals surface area contributed by atoms with Crippen LogP contribution in [0.5, 0.6) is 0 Å². The summed E-state index contributed by atoms with van der Waals surface area (Å²) in [6, 6.07) is 19.3. The summed E-state index contributed by atoms with van der Waals surface area (Å²) in [6.45, 7) is 2.47. The molecule has 1 N–H and O–H groups in total. The Morgan fingerprint density at radius 3 is 2.63 bits per heavy atom. The van der Waals surface area contributed by atoms with Gasteiger partial charge in [0.05, 0.1) is 18.4 Å². The van der Waals surface area contributed by atoms with E-state index in [2.05, 4.69) is 10.3 Å². The number of rotatable bonds is 6. The van der Waals surface area contributed by atoms with Crippen molar-refractivity contribution < 1.29 is 9.18 Å². The average molecular weight is 489 g/mol. The minimum Gasteiger partial charge on any atom is -0.350 e. The van der Waals surface area contributed by atoms with Crippen molar-refractivity contribution in [3.8, 4) is 0 Å². The zero-order chi connectivity index (χ0) is 24.5. The topological polar surface area (TPSA) is 68.9 Å². The van der Waals surface area contributed by atoms with Gasteiger partial charge < -0.3 is 9.88 Å². The van der Waals surface area contributed by atoms with Gasteiger partial charge in [0, 0.05) is 17.0 Å². The van der Waals surface area contributed by atoms with E-state index in [9.17, 15) is 14.0 Å². The van der Waals surface area contributed by atoms with Gasteiger partial charge in [0.2, 0.25) is 5.91 Å². The summed E-state index contributed by atoms with van der Waals surface area (Å²) in [5.74, 6) is -0.711. The van der Waals surface area contributed by atoms with Crippen LogP contribution in [0.3, 0.4) is 0 Å². The quantitative estimate of drug-likeness (QED) is 0.372. The standard InChI is InChI=1S/C27H22ClFN4O2/c1-17-6-8-18(9-7-17)13-30-24(34)15-33-23-11-10-20(29)12-21(23)25-26(33)27(35)32(16-31-25)14-19-4-2-3-5-22(19)28/h2-12,16H,13-15H2,1H3,(H,30,34). The van der Waals surface area contributed by atoms with E-state index < -0.39 is 5.82 Å². The van der Waals surface area contributed by atoms with Crippen LogP contribution in [0.2, 0.25) is 5.02 Å². The average Bonchev–Trinajstić information content (AvgIpc) is 3.15. The maximum atomic E-state index is 14.1. The third-order valence-corrected chi connectivity index (χ3v) is 6.37. The second kappa shape index (κ2) is 9.35. The Kier molecular flexibility index (Phi) is 6.09. The van der Waals surface area contributed by atoms with Crippen molar-refractivity contribution in [2.24, 2.45) is 0 Å². The predicted molar refractivity (Wildman–Crippen MR) is 135 cm³/mol. The number of aromatic nitrogens is 3. The fraction of sp³-hybridized carbons (Fsp3) is 0.148. The van der Waals surface area contributed by atoms with Gasteiger partial charge in [0.25, 0.3) is 5.56 Å². The molecule has 0 spiro atoms. The van der Waals surface area contributed by atoms with Crippen molar-refractivity contribution in [2.75, 3.05) is 0 Å². The van der Waals surface area contributed by atoms with Crippen molar-refractivity contribution in [3.05, 3.63) is 111 Å². The van der Waals surface area contributed by atoms with Crippen LogP contribution < -0.4 is 10.9 Å². The molecule has 0 aliphatic heterocycles. The molecule has 0 atom stereocenters. The lowest BCUT2D eigenvalue weighted by atomic mass is 10.1. The van der Waals surface area contributed by atoms with Gasteiger partial charge in [0.15, 0.2) is 0 Å². The second-order valence-corrected chi connectivity index (χ2v) is 8.88. The number of carbonyl (C=O) groups excluding carboxylic acids is 1. The normalized spacial score (nSPS) is 11.3. The molecule has 35 heavy (non-hydrogen) atoms. The lowest BCUT2D eigenvalue weighted by Gasteiger charge is -2.11. The molecule has 0 bridgehead atoms. The highest BCUT2D eigenvalue weighted by atomic mass is 35.5. The van der Waals surface area contributed by atoms with E-state index in [1.807, 2.05) is 49.4 Å². The SMILES string of the molecule is Cc1ccc(CNC(=O)Cn2c3ccc(F)cc3c3ncn(Cc4ccccc4Cl)c(=O)c32)cc1. The van der Waals surface area contributed by atoms with E-state index in [0.29, 0.717) is 28.0 Å². The molecule has 5 aromatic rings. The fourth-order valence-electron chi connectivity index (χ4n) is 4.17. The third-order valence-electron chi connectivity index (χ3n) is 6.00. The Bertz CT molecular complexity index is 1620. The molecule has 3 aromatic carbocycles. The first-order valence-electron chi connectivity index (χ1n) is 11.1. The number of amides is 1. The Balaban J connectivity index is 1.54. The first-order valence-corrected chi connectivity index (χ1v) is 11.5. The van der Waals surface area contributed by atoms with E-state index in [-0.39, 0.29) is 30.1 Å². The van der Waals surface area contributed by atoms with Gasteiger partial charge in [-0.05, 0) is 42.3 Å². The van der Waals surface area contributed by atoms with E-state index in [0.717, 1.165) is 16.7 Å². The molecular formula is C27H22ClFN4O2. The molecule has 0 aliphatic carbocycles. The van der Waals surface area contributed by atoms with Crippen LogP contribution in [0.1, 0.15) is 16.7 Å². The molecule has 0 fully saturated rings. The second-order valence-electron chi connectivity index (χ2n) is 8.48. The van der Waals surface area contributed by atoms with Crippen LogP contribution in [0, 0.1) is 12.7 Å². The molecule has 6 nitrogen and oxygen atoms in total. The first-order chi connectivity index (χ1) is 16.9. The maximum Gasteiger partial charge on any atom is 0.278 e. The van der Waals surface area contributed by atoms with Crippen LogP contribution in [-0.4, -0.2) is 20.0 Å². The van der Waals surface area contributed by atoms with Crippen molar-refractivity contribution in [2.45, 2.75) is 26.6 Å². The molecule has 0 radical (unpaired) electrons. The Morgan fingerprint density at radius 1 is 1.09 bits per heavy atom. The first kappa shape index (κ1) is 22.8. The number of benzene rings is 3. The van der Waals surface area contributed by atoms with Crippen molar-refractivity contribution in [1.82, 2.24) is 19.4 Å². The number of hydrogen-bond acceptors (Lipinski definition) is 3. The highest BCUT2D eigenvalue weighted by Crippen LogP contribution is 2.26. The van der Waals surface area contributed by atoms with E-state index >= 15 is 0 Å². The number of fused-ring (bicyclic) bond motifs is 3. The number of aryl methyl sites for hydroxylation is 1. The Labute approximate surface area is 205 Å². The third kappa shape index (κ3) is 4.55. The van der Waals surface area contributed by atoms with Gasteiger partial charge in [-0.15, -0.1) is 0 Å².